The van der Waals surface area contributed by atoms with Crippen molar-refractivity contribution in [2.24, 2.45) is 0 Å². The Balaban J connectivity index is -0.000000388. The molecule has 5 N–H and O–H groups in total. The first kappa shape index (κ1) is 30.9. The molecule has 2 aromatic heterocycles. The van der Waals surface area contributed by atoms with Crippen LogP contribution in [-0.4, -0.2) is 59.1 Å². The van der Waals surface area contributed by atoms with Gasteiger partial charge in [-0.1, -0.05) is 0 Å². The summed E-state index contributed by atoms with van der Waals surface area (Å²) in [6.45, 7) is 7.59. The average Bonchev–Trinajstić information content (AvgIpc) is 3.07. The van der Waals surface area contributed by atoms with Crippen molar-refractivity contribution in [3.63, 3.8) is 0 Å². The van der Waals surface area contributed by atoms with Crippen LogP contribution in [0.4, 0.5) is 11.4 Å². The van der Waals surface area contributed by atoms with Crippen molar-refractivity contribution in [2.75, 3.05) is 12.8 Å². The lowest BCUT2D eigenvalue weighted by Gasteiger charge is -2.05. The van der Waals surface area contributed by atoms with E-state index in [4.69, 9.17) is 21.1 Å². The van der Waals surface area contributed by atoms with Crippen LogP contribution in [0.3, 0.4) is 0 Å². The van der Waals surface area contributed by atoms with Crippen molar-refractivity contribution < 1.29 is 20.2 Å². The highest BCUT2D eigenvalue weighted by atomic mass is 32.1. The third-order valence-corrected chi connectivity index (χ3v) is 3.29. The minimum absolute atomic E-state index is 0. The molecule has 2 atom stereocenters. The van der Waals surface area contributed by atoms with E-state index < -0.39 is 11.0 Å². The summed E-state index contributed by atoms with van der Waals surface area (Å²) in [6, 6.07) is 0. The second-order valence-corrected chi connectivity index (χ2v) is 5.62. The van der Waals surface area contributed by atoms with Gasteiger partial charge in [0, 0.05) is 7.11 Å². The first-order valence-corrected chi connectivity index (χ1v) is 7.89. The summed E-state index contributed by atoms with van der Waals surface area (Å²) in [5.74, 6) is 0. The van der Waals surface area contributed by atoms with Crippen molar-refractivity contribution in [2.45, 2.75) is 53.0 Å². The third-order valence-electron chi connectivity index (χ3n) is 3.29. The van der Waals surface area contributed by atoms with E-state index >= 15 is 0 Å². The summed E-state index contributed by atoms with van der Waals surface area (Å²) >= 11 is 0. The Bertz CT molecular complexity index is 691. The largest absolute Gasteiger partial charge is 0.400 e. The van der Waals surface area contributed by atoms with Crippen LogP contribution in [0.1, 0.15) is 25.2 Å². The molecule has 2 heterocycles. The molecule has 2 aromatic rings. The van der Waals surface area contributed by atoms with Crippen molar-refractivity contribution in [1.29, 1.82) is 0 Å². The van der Waals surface area contributed by atoms with Gasteiger partial charge in [0.25, 0.3) is 0 Å². The summed E-state index contributed by atoms with van der Waals surface area (Å²) in [5, 5.41) is 43.3. The van der Waals surface area contributed by atoms with Crippen molar-refractivity contribution in [3.05, 3.63) is 33.9 Å². The molecule has 28 heavy (non-hydrogen) atoms. The minimum atomic E-state index is -0.557. The van der Waals surface area contributed by atoms with Crippen LogP contribution in [0.25, 0.3) is 0 Å². The molecule has 0 radical (unpaired) electrons. The number of nitrogens with zero attached hydrogens (tertiary/aromatic N) is 5. The van der Waals surface area contributed by atoms with Crippen LogP contribution >= 0.6 is 27.0 Å². The first-order chi connectivity index (χ1) is 12.1. The summed E-state index contributed by atoms with van der Waals surface area (Å²) in [5.41, 5.74) is 7.58. The fourth-order valence-corrected chi connectivity index (χ4v) is 1.95. The molecule has 0 spiro atoms. The van der Waals surface area contributed by atoms with Crippen LogP contribution in [-0.2, 0) is 13.1 Å². The SMILES string of the molecule is CO.Cc1c(N)cnn1C[C@H](C)O.Cc1c([N+](=O)[O-])cnn1C[C@H](C)O.S.S. The van der Waals surface area contributed by atoms with E-state index in [-0.39, 0.29) is 45.3 Å². The van der Waals surface area contributed by atoms with Gasteiger partial charge >= 0.3 is 5.69 Å². The van der Waals surface area contributed by atoms with Gasteiger partial charge in [-0.3, -0.25) is 19.5 Å². The molecule has 0 aliphatic heterocycles. The van der Waals surface area contributed by atoms with Crippen molar-refractivity contribution in [3.8, 4) is 0 Å². The van der Waals surface area contributed by atoms with Crippen LogP contribution in [0.5, 0.6) is 0 Å². The molecule has 13 heteroatoms. The van der Waals surface area contributed by atoms with Gasteiger partial charge in [-0.2, -0.15) is 37.2 Å². The minimum Gasteiger partial charge on any atom is -0.400 e. The summed E-state index contributed by atoms with van der Waals surface area (Å²) < 4.78 is 3.11. The zero-order valence-corrected chi connectivity index (χ0v) is 18.7. The van der Waals surface area contributed by atoms with E-state index in [9.17, 15) is 10.1 Å². The topological polar surface area (TPSA) is 165 Å². The fourth-order valence-electron chi connectivity index (χ4n) is 1.95. The number of rotatable bonds is 5. The van der Waals surface area contributed by atoms with Crippen LogP contribution in [0, 0.1) is 24.0 Å². The lowest BCUT2D eigenvalue weighted by molar-refractivity contribution is -0.385. The van der Waals surface area contributed by atoms with Gasteiger partial charge in [-0.15, -0.1) is 0 Å². The van der Waals surface area contributed by atoms with Gasteiger partial charge in [0.05, 0.1) is 47.8 Å². The zero-order valence-electron chi connectivity index (χ0n) is 16.7. The second-order valence-electron chi connectivity index (χ2n) is 5.62. The molecule has 0 saturated heterocycles. The molecule has 0 aromatic carbocycles. The molecule has 0 aliphatic carbocycles. The standard InChI is InChI=1S/C7H11N3O3.C7H13N3O.CH4O.2H2S/c1-5(11)4-9-6(2)7(3-8-9)10(12)13;1-5(11)4-10-6(2)7(8)3-9-10;1-2;;/h3,5,11H,4H2,1-2H3;3,5,11H,4,8H2,1-2H3;2H,1H3;2*1H2/t2*5-;;;/m00.../s1. The molecular formula is C15H32N6O5S2. The highest BCUT2D eigenvalue weighted by Gasteiger charge is 2.16. The number of nitrogen functional groups attached to an aromatic ring is 1. The molecular weight excluding hydrogens is 408 g/mol. The summed E-state index contributed by atoms with van der Waals surface area (Å²) in [7, 11) is 1.00. The number of aliphatic hydroxyl groups is 3. The van der Waals surface area contributed by atoms with Crippen LogP contribution in [0.15, 0.2) is 12.4 Å². The second kappa shape index (κ2) is 15.2. The summed E-state index contributed by atoms with van der Waals surface area (Å²) in [6.07, 6.45) is 1.85. The molecule has 0 fully saturated rings. The lowest BCUT2D eigenvalue weighted by Crippen LogP contribution is -2.14. The van der Waals surface area contributed by atoms with Crippen LogP contribution in [0.2, 0.25) is 0 Å². The van der Waals surface area contributed by atoms with E-state index in [0.717, 1.165) is 12.8 Å². The van der Waals surface area contributed by atoms with Gasteiger partial charge in [0.15, 0.2) is 0 Å². The molecule has 0 saturated carbocycles. The number of nitro groups is 1. The molecule has 0 amide bonds. The number of hydrogen-bond donors (Lipinski definition) is 4. The number of anilines is 1. The van der Waals surface area contributed by atoms with Gasteiger partial charge in [0.1, 0.15) is 11.9 Å². The van der Waals surface area contributed by atoms with Gasteiger partial charge in [-0.05, 0) is 27.7 Å². The van der Waals surface area contributed by atoms with E-state index in [1.807, 2.05) is 6.92 Å². The van der Waals surface area contributed by atoms with E-state index in [0.29, 0.717) is 17.9 Å². The van der Waals surface area contributed by atoms with Crippen LogP contribution < -0.4 is 5.73 Å². The van der Waals surface area contributed by atoms with E-state index in [1.54, 1.807) is 31.6 Å². The predicted octanol–water partition coefficient (Wildman–Crippen LogP) is 0.469. The Labute approximate surface area is 178 Å². The quantitative estimate of drug-likeness (QED) is 0.384. The Hall–Kier alpha value is -1.80. The Morgan fingerprint density at radius 1 is 1.04 bits per heavy atom. The summed E-state index contributed by atoms with van der Waals surface area (Å²) in [4.78, 5) is 9.93. The van der Waals surface area contributed by atoms with E-state index in [1.165, 1.54) is 10.9 Å². The monoisotopic (exact) mass is 440 g/mol. The molecule has 11 nitrogen and oxygen atoms in total. The molecule has 164 valence electrons. The first-order valence-electron chi connectivity index (χ1n) is 7.89. The molecule has 0 unspecified atom stereocenters. The number of hydrogen-bond acceptors (Lipinski definition) is 8. The van der Waals surface area contributed by atoms with Crippen molar-refractivity contribution >= 4 is 38.4 Å². The van der Waals surface area contributed by atoms with Gasteiger partial charge in [-0.25, -0.2) is 0 Å². The lowest BCUT2D eigenvalue weighted by atomic mass is 10.3. The maximum absolute atomic E-state index is 10.4. The highest BCUT2D eigenvalue weighted by molar-refractivity contribution is 7.59. The number of nitrogens with two attached hydrogens (primary N) is 1. The smallest absolute Gasteiger partial charge is 0.309 e. The number of aromatic nitrogens is 4. The Morgan fingerprint density at radius 3 is 1.71 bits per heavy atom. The Morgan fingerprint density at radius 2 is 1.43 bits per heavy atom. The maximum Gasteiger partial charge on any atom is 0.309 e. The molecule has 2 rings (SSSR count). The molecule has 0 aliphatic rings. The average molecular weight is 441 g/mol. The Kier molecular flexibility index (Phi) is 16.7. The predicted molar refractivity (Wildman–Crippen MR) is 117 cm³/mol. The zero-order chi connectivity index (χ0) is 20.4. The van der Waals surface area contributed by atoms with E-state index in [2.05, 4.69) is 10.2 Å². The fraction of sp³-hybridized carbons (Fsp3) is 0.600. The number of aliphatic hydroxyl groups excluding tert-OH is 3. The normalized spacial score (nSPS) is 11.4. The highest BCUT2D eigenvalue weighted by Crippen LogP contribution is 2.16. The maximum atomic E-state index is 10.4. The third kappa shape index (κ3) is 9.94. The molecule has 0 bridgehead atoms. The van der Waals surface area contributed by atoms with Gasteiger partial charge < -0.3 is 21.1 Å². The van der Waals surface area contributed by atoms with Crippen molar-refractivity contribution in [1.82, 2.24) is 19.6 Å². The van der Waals surface area contributed by atoms with Gasteiger partial charge in [0.2, 0.25) is 0 Å².